The van der Waals surface area contributed by atoms with Crippen molar-refractivity contribution in [1.29, 1.82) is 0 Å². The predicted molar refractivity (Wildman–Crippen MR) is 68.8 cm³/mol. The van der Waals surface area contributed by atoms with Crippen LogP contribution in [-0.2, 0) is 10.1 Å². The van der Waals surface area contributed by atoms with Gasteiger partial charge in [0, 0.05) is 36.8 Å². The van der Waals surface area contributed by atoms with Crippen LogP contribution in [0.5, 0.6) is 0 Å². The molecule has 0 saturated heterocycles. The fraction of sp³-hybridized carbons (Fsp3) is 0.500. The van der Waals surface area contributed by atoms with E-state index in [1.165, 1.54) is 6.07 Å². The molecule has 0 heterocycles. The maximum absolute atomic E-state index is 13.5. The number of benzene rings is 1. The summed E-state index contributed by atoms with van der Waals surface area (Å²) in [6, 6.07) is 5.14. The van der Waals surface area contributed by atoms with Gasteiger partial charge in [0.1, 0.15) is 5.82 Å². The lowest BCUT2D eigenvalue weighted by molar-refractivity contribution is 0.154. The van der Waals surface area contributed by atoms with Gasteiger partial charge in [0.25, 0.3) is 0 Å². The molecule has 1 rings (SSSR count). The average molecular weight is 290 g/mol. The van der Waals surface area contributed by atoms with Gasteiger partial charge in [-0.25, -0.2) is 4.39 Å². The highest BCUT2D eigenvalue weighted by Crippen LogP contribution is 2.24. The molecule has 16 heavy (non-hydrogen) atoms. The van der Waals surface area contributed by atoms with Crippen LogP contribution < -0.4 is 4.90 Å². The topological polar surface area (TPSA) is 12.5 Å². The van der Waals surface area contributed by atoms with Crippen molar-refractivity contribution in [3.8, 4) is 0 Å². The van der Waals surface area contributed by atoms with Gasteiger partial charge >= 0.3 is 0 Å². The van der Waals surface area contributed by atoms with Crippen molar-refractivity contribution in [2.45, 2.75) is 12.3 Å². The SMILES string of the molecule is CCOCCN(C)c1cccc(F)c1CBr. The minimum atomic E-state index is -0.169. The molecule has 0 aliphatic heterocycles. The summed E-state index contributed by atoms with van der Waals surface area (Å²) < 4.78 is 18.8. The molecule has 0 fully saturated rings. The van der Waals surface area contributed by atoms with Gasteiger partial charge < -0.3 is 9.64 Å². The van der Waals surface area contributed by atoms with E-state index in [-0.39, 0.29) is 5.82 Å². The molecule has 0 bridgehead atoms. The molecule has 0 amide bonds. The van der Waals surface area contributed by atoms with Crippen molar-refractivity contribution in [1.82, 2.24) is 0 Å². The van der Waals surface area contributed by atoms with Gasteiger partial charge in [0.05, 0.1) is 6.61 Å². The molecule has 0 unspecified atom stereocenters. The smallest absolute Gasteiger partial charge is 0.129 e. The van der Waals surface area contributed by atoms with Gasteiger partial charge in [-0.05, 0) is 19.1 Å². The summed E-state index contributed by atoms with van der Waals surface area (Å²) in [5.41, 5.74) is 1.61. The number of rotatable bonds is 6. The zero-order valence-corrected chi connectivity index (χ0v) is 11.3. The lowest BCUT2D eigenvalue weighted by Gasteiger charge is -2.22. The third-order valence-corrected chi connectivity index (χ3v) is 2.97. The molecule has 2 nitrogen and oxygen atoms in total. The molecule has 0 radical (unpaired) electrons. The Balaban J connectivity index is 2.74. The second-order valence-corrected chi connectivity index (χ2v) is 4.05. The molecule has 0 aromatic heterocycles. The van der Waals surface area contributed by atoms with Crippen molar-refractivity contribution < 1.29 is 9.13 Å². The first-order chi connectivity index (χ1) is 7.70. The second kappa shape index (κ2) is 6.86. The molecule has 0 aliphatic carbocycles. The number of anilines is 1. The van der Waals surface area contributed by atoms with E-state index in [0.717, 1.165) is 12.2 Å². The van der Waals surface area contributed by atoms with Crippen LogP contribution in [0.15, 0.2) is 18.2 Å². The largest absolute Gasteiger partial charge is 0.380 e. The number of ether oxygens (including phenoxy) is 1. The fourth-order valence-electron chi connectivity index (χ4n) is 1.50. The molecule has 1 aromatic carbocycles. The highest BCUT2D eigenvalue weighted by molar-refractivity contribution is 9.08. The Morgan fingerprint density at radius 1 is 1.44 bits per heavy atom. The summed E-state index contributed by atoms with van der Waals surface area (Å²) in [6.45, 7) is 4.09. The molecule has 90 valence electrons. The van der Waals surface area contributed by atoms with Crippen LogP contribution in [0.2, 0.25) is 0 Å². The molecule has 0 aliphatic rings. The number of alkyl halides is 1. The standard InChI is InChI=1S/C12H17BrFNO/c1-3-16-8-7-15(2)12-6-4-5-11(14)10(12)9-13/h4-6H,3,7-9H2,1-2H3. The Labute approximate surface area is 105 Å². The normalized spacial score (nSPS) is 10.5. The molecular formula is C12H17BrFNO. The number of hydrogen-bond acceptors (Lipinski definition) is 2. The summed E-state index contributed by atoms with van der Waals surface area (Å²) in [5.74, 6) is -0.169. The Hall–Kier alpha value is -0.610. The number of halogens is 2. The third-order valence-electron chi connectivity index (χ3n) is 2.41. The van der Waals surface area contributed by atoms with Crippen molar-refractivity contribution in [3.05, 3.63) is 29.6 Å². The molecule has 0 N–H and O–H groups in total. The van der Waals surface area contributed by atoms with Crippen LogP contribution in [-0.4, -0.2) is 26.8 Å². The van der Waals surface area contributed by atoms with Crippen LogP contribution in [0.4, 0.5) is 10.1 Å². The summed E-state index contributed by atoms with van der Waals surface area (Å²) in [7, 11) is 1.94. The van der Waals surface area contributed by atoms with Gasteiger partial charge in [-0.15, -0.1) is 0 Å². The summed E-state index contributed by atoms with van der Waals surface area (Å²) in [4.78, 5) is 2.01. The lowest BCUT2D eigenvalue weighted by atomic mass is 10.2. The van der Waals surface area contributed by atoms with E-state index in [9.17, 15) is 4.39 Å². The first kappa shape index (κ1) is 13.5. The van der Waals surface area contributed by atoms with Crippen molar-refractivity contribution in [3.63, 3.8) is 0 Å². The van der Waals surface area contributed by atoms with Crippen LogP contribution in [0.3, 0.4) is 0 Å². The zero-order valence-electron chi connectivity index (χ0n) is 9.67. The number of likely N-dealkylation sites (N-methyl/N-ethyl adjacent to an activating group) is 1. The quantitative estimate of drug-likeness (QED) is 0.589. The molecule has 0 saturated carbocycles. The van der Waals surface area contributed by atoms with E-state index in [1.54, 1.807) is 6.07 Å². The highest BCUT2D eigenvalue weighted by Gasteiger charge is 2.10. The average Bonchev–Trinajstić information content (AvgIpc) is 2.29. The van der Waals surface area contributed by atoms with E-state index in [4.69, 9.17) is 4.74 Å². The van der Waals surface area contributed by atoms with E-state index in [1.807, 2.05) is 24.9 Å². The molecule has 4 heteroatoms. The van der Waals surface area contributed by atoms with E-state index in [0.29, 0.717) is 24.1 Å². The monoisotopic (exact) mass is 289 g/mol. The minimum Gasteiger partial charge on any atom is -0.380 e. The van der Waals surface area contributed by atoms with Gasteiger partial charge in [0.2, 0.25) is 0 Å². The van der Waals surface area contributed by atoms with Gasteiger partial charge in [-0.1, -0.05) is 22.0 Å². The van der Waals surface area contributed by atoms with Crippen molar-refractivity contribution in [2.24, 2.45) is 0 Å². The first-order valence-electron chi connectivity index (χ1n) is 5.33. The second-order valence-electron chi connectivity index (χ2n) is 3.49. The van der Waals surface area contributed by atoms with Gasteiger partial charge in [-0.3, -0.25) is 0 Å². The molecule has 0 atom stereocenters. The summed E-state index contributed by atoms with van der Waals surface area (Å²) in [5, 5.41) is 0.522. The Bertz CT molecular complexity index is 333. The lowest BCUT2D eigenvalue weighted by Crippen LogP contribution is -2.23. The number of hydrogen-bond donors (Lipinski definition) is 0. The Kier molecular flexibility index (Phi) is 5.77. The highest BCUT2D eigenvalue weighted by atomic mass is 79.9. The van der Waals surface area contributed by atoms with Crippen LogP contribution in [0, 0.1) is 5.82 Å². The number of nitrogens with zero attached hydrogens (tertiary/aromatic N) is 1. The van der Waals surface area contributed by atoms with E-state index in [2.05, 4.69) is 15.9 Å². The molecule has 1 aromatic rings. The molecule has 0 spiro atoms. The minimum absolute atomic E-state index is 0.169. The van der Waals surface area contributed by atoms with Crippen LogP contribution in [0.25, 0.3) is 0 Å². The fourth-order valence-corrected chi connectivity index (χ4v) is 2.06. The summed E-state index contributed by atoms with van der Waals surface area (Å²) >= 11 is 3.31. The predicted octanol–water partition coefficient (Wildman–Crippen LogP) is 3.19. The maximum atomic E-state index is 13.5. The van der Waals surface area contributed by atoms with Gasteiger partial charge in [0.15, 0.2) is 0 Å². The maximum Gasteiger partial charge on any atom is 0.129 e. The first-order valence-corrected chi connectivity index (χ1v) is 6.45. The van der Waals surface area contributed by atoms with E-state index < -0.39 is 0 Å². The zero-order chi connectivity index (χ0) is 12.0. The third kappa shape index (κ3) is 3.46. The van der Waals surface area contributed by atoms with Crippen molar-refractivity contribution in [2.75, 3.05) is 31.7 Å². The van der Waals surface area contributed by atoms with E-state index >= 15 is 0 Å². The Morgan fingerprint density at radius 2 is 2.19 bits per heavy atom. The molecular weight excluding hydrogens is 273 g/mol. The summed E-state index contributed by atoms with van der Waals surface area (Å²) in [6.07, 6.45) is 0. The van der Waals surface area contributed by atoms with Gasteiger partial charge in [-0.2, -0.15) is 0 Å². The van der Waals surface area contributed by atoms with Crippen LogP contribution >= 0.6 is 15.9 Å². The van der Waals surface area contributed by atoms with Crippen molar-refractivity contribution >= 4 is 21.6 Å². The van der Waals surface area contributed by atoms with Crippen LogP contribution in [0.1, 0.15) is 12.5 Å². The Morgan fingerprint density at radius 3 is 2.81 bits per heavy atom.